The van der Waals surface area contributed by atoms with Gasteiger partial charge in [-0.3, -0.25) is 14.4 Å². The Bertz CT molecular complexity index is 709. The molecule has 2 atom stereocenters. The average molecular weight is 403 g/mol. The van der Waals surface area contributed by atoms with Crippen LogP contribution in [0.3, 0.4) is 0 Å². The molecule has 3 amide bonds. The van der Waals surface area contributed by atoms with Gasteiger partial charge in [0.05, 0.1) is 6.04 Å². The summed E-state index contributed by atoms with van der Waals surface area (Å²) in [6.45, 7) is 8.63. The van der Waals surface area contributed by atoms with Gasteiger partial charge in [-0.05, 0) is 49.8 Å². The zero-order chi connectivity index (χ0) is 21.6. The second-order valence-corrected chi connectivity index (χ2v) is 8.14. The highest BCUT2D eigenvalue weighted by Crippen LogP contribution is 2.19. The molecule has 160 valence electrons. The third-order valence-electron chi connectivity index (χ3n) is 5.56. The van der Waals surface area contributed by atoms with Crippen LogP contribution in [0.4, 0.5) is 5.69 Å². The van der Waals surface area contributed by atoms with Gasteiger partial charge >= 0.3 is 0 Å². The van der Waals surface area contributed by atoms with Crippen LogP contribution >= 0.6 is 0 Å². The molecule has 0 aliphatic carbocycles. The molecule has 1 aromatic rings. The van der Waals surface area contributed by atoms with Crippen LogP contribution in [0.1, 0.15) is 46.1 Å². The van der Waals surface area contributed by atoms with Gasteiger partial charge in [-0.25, -0.2) is 0 Å². The first kappa shape index (κ1) is 22.9. The number of nitrogens with zero attached hydrogens (tertiary/aromatic N) is 1. The van der Waals surface area contributed by atoms with Gasteiger partial charge in [0, 0.05) is 24.7 Å². The topological polar surface area (TPSA) is 105 Å². The number of hydrogen-bond acceptors (Lipinski definition) is 4. The van der Waals surface area contributed by atoms with Crippen LogP contribution in [-0.2, 0) is 20.8 Å². The largest absolute Gasteiger partial charge is 0.344 e. The van der Waals surface area contributed by atoms with Gasteiger partial charge in [0.1, 0.15) is 6.04 Å². The SMILES string of the molecule is CCc1ccc(NC(=O)[C@H](C)NC(=O)C2CCN(C(=O)[C@@H](N)C(C)C)CC2)cc1. The number of rotatable bonds is 7. The third-order valence-corrected chi connectivity index (χ3v) is 5.56. The van der Waals surface area contributed by atoms with Crippen LogP contribution in [0, 0.1) is 11.8 Å². The Hall–Kier alpha value is -2.41. The third kappa shape index (κ3) is 6.29. The van der Waals surface area contributed by atoms with Crippen molar-refractivity contribution in [3.8, 4) is 0 Å². The molecule has 4 N–H and O–H groups in total. The normalized spacial score (nSPS) is 17.0. The van der Waals surface area contributed by atoms with E-state index in [9.17, 15) is 14.4 Å². The molecule has 0 spiro atoms. The number of hydrogen-bond donors (Lipinski definition) is 3. The van der Waals surface area contributed by atoms with Gasteiger partial charge in [0.2, 0.25) is 17.7 Å². The van der Waals surface area contributed by atoms with Gasteiger partial charge in [0.25, 0.3) is 0 Å². The Morgan fingerprint density at radius 3 is 2.21 bits per heavy atom. The molecule has 0 aromatic heterocycles. The molecule has 0 bridgehead atoms. The quantitative estimate of drug-likeness (QED) is 0.648. The molecule has 1 fully saturated rings. The van der Waals surface area contributed by atoms with E-state index in [-0.39, 0.29) is 29.6 Å². The van der Waals surface area contributed by atoms with E-state index in [4.69, 9.17) is 5.73 Å². The number of amides is 3. The number of aryl methyl sites for hydroxylation is 1. The molecule has 0 unspecified atom stereocenters. The fourth-order valence-electron chi connectivity index (χ4n) is 3.33. The number of carbonyl (C=O) groups is 3. The zero-order valence-corrected chi connectivity index (χ0v) is 17.9. The van der Waals surface area contributed by atoms with Crippen molar-refractivity contribution in [3.63, 3.8) is 0 Å². The molecule has 1 saturated heterocycles. The highest BCUT2D eigenvalue weighted by atomic mass is 16.2. The van der Waals surface area contributed by atoms with E-state index in [2.05, 4.69) is 17.6 Å². The van der Waals surface area contributed by atoms with Gasteiger partial charge in [0.15, 0.2) is 0 Å². The van der Waals surface area contributed by atoms with Crippen molar-refractivity contribution in [3.05, 3.63) is 29.8 Å². The number of anilines is 1. The molecule has 1 aliphatic heterocycles. The molecule has 0 radical (unpaired) electrons. The van der Waals surface area contributed by atoms with E-state index >= 15 is 0 Å². The number of nitrogens with two attached hydrogens (primary N) is 1. The predicted molar refractivity (Wildman–Crippen MR) is 114 cm³/mol. The number of nitrogens with one attached hydrogen (secondary N) is 2. The summed E-state index contributed by atoms with van der Waals surface area (Å²) in [6.07, 6.45) is 2.10. The predicted octanol–water partition coefficient (Wildman–Crippen LogP) is 1.91. The first-order chi connectivity index (χ1) is 13.7. The molecule has 2 rings (SSSR count). The molecule has 7 heteroatoms. The number of likely N-dealkylation sites (tertiary alicyclic amines) is 1. The highest BCUT2D eigenvalue weighted by Gasteiger charge is 2.31. The van der Waals surface area contributed by atoms with Crippen molar-refractivity contribution in [2.24, 2.45) is 17.6 Å². The highest BCUT2D eigenvalue weighted by molar-refractivity contribution is 5.97. The summed E-state index contributed by atoms with van der Waals surface area (Å²) in [5, 5.41) is 5.62. The maximum Gasteiger partial charge on any atom is 0.246 e. The van der Waals surface area contributed by atoms with E-state index < -0.39 is 12.1 Å². The smallest absolute Gasteiger partial charge is 0.246 e. The van der Waals surface area contributed by atoms with Gasteiger partial charge in [-0.1, -0.05) is 32.9 Å². The minimum absolute atomic E-state index is 0.0549. The fourth-order valence-corrected chi connectivity index (χ4v) is 3.33. The van der Waals surface area contributed by atoms with Crippen LogP contribution in [-0.4, -0.2) is 47.8 Å². The Balaban J connectivity index is 1.80. The summed E-state index contributed by atoms with van der Waals surface area (Å²) < 4.78 is 0. The summed E-state index contributed by atoms with van der Waals surface area (Å²) in [7, 11) is 0. The molecular formula is C22H34N4O3. The first-order valence-corrected chi connectivity index (χ1v) is 10.5. The zero-order valence-electron chi connectivity index (χ0n) is 17.9. The summed E-state index contributed by atoms with van der Waals surface area (Å²) in [4.78, 5) is 39.0. The van der Waals surface area contributed by atoms with Crippen molar-refractivity contribution in [1.29, 1.82) is 0 Å². The van der Waals surface area contributed by atoms with Crippen molar-refractivity contribution >= 4 is 23.4 Å². The standard InChI is InChI=1S/C22H34N4O3/c1-5-16-6-8-18(9-7-16)25-20(27)15(4)24-21(28)17-10-12-26(13-11-17)22(29)19(23)14(2)3/h6-9,14-15,17,19H,5,10-13,23H2,1-4H3,(H,24,28)(H,25,27)/t15-,19-/m0/s1. The van der Waals surface area contributed by atoms with E-state index in [1.54, 1.807) is 11.8 Å². The summed E-state index contributed by atoms with van der Waals surface area (Å²) in [6, 6.07) is 6.52. The van der Waals surface area contributed by atoms with Crippen molar-refractivity contribution in [1.82, 2.24) is 10.2 Å². The van der Waals surface area contributed by atoms with Crippen LogP contribution in [0.25, 0.3) is 0 Å². The minimum Gasteiger partial charge on any atom is -0.344 e. The Morgan fingerprint density at radius 1 is 1.10 bits per heavy atom. The van der Waals surface area contributed by atoms with Gasteiger partial charge in [-0.15, -0.1) is 0 Å². The molecule has 1 aliphatic rings. The van der Waals surface area contributed by atoms with Crippen molar-refractivity contribution in [2.75, 3.05) is 18.4 Å². The van der Waals surface area contributed by atoms with Gasteiger partial charge in [-0.2, -0.15) is 0 Å². The lowest BCUT2D eigenvalue weighted by Gasteiger charge is -2.34. The lowest BCUT2D eigenvalue weighted by molar-refractivity contribution is -0.137. The summed E-state index contributed by atoms with van der Waals surface area (Å²) >= 11 is 0. The van der Waals surface area contributed by atoms with Crippen LogP contribution < -0.4 is 16.4 Å². The monoisotopic (exact) mass is 402 g/mol. The first-order valence-electron chi connectivity index (χ1n) is 10.5. The molecule has 0 saturated carbocycles. The molecular weight excluding hydrogens is 368 g/mol. The second-order valence-electron chi connectivity index (χ2n) is 8.14. The maximum absolute atomic E-state index is 12.5. The van der Waals surface area contributed by atoms with E-state index in [1.165, 1.54) is 5.56 Å². The average Bonchev–Trinajstić information content (AvgIpc) is 2.73. The molecule has 7 nitrogen and oxygen atoms in total. The van der Waals surface area contributed by atoms with E-state index in [0.717, 1.165) is 6.42 Å². The van der Waals surface area contributed by atoms with Crippen molar-refractivity contribution in [2.45, 2.75) is 59.0 Å². The maximum atomic E-state index is 12.5. The fraction of sp³-hybridized carbons (Fsp3) is 0.591. The lowest BCUT2D eigenvalue weighted by atomic mass is 9.94. The van der Waals surface area contributed by atoms with Crippen LogP contribution in [0.2, 0.25) is 0 Å². The van der Waals surface area contributed by atoms with Gasteiger partial charge < -0.3 is 21.3 Å². The summed E-state index contributed by atoms with van der Waals surface area (Å²) in [5.41, 5.74) is 7.86. The number of carbonyl (C=O) groups excluding carboxylic acids is 3. The second kappa shape index (κ2) is 10.4. The number of benzene rings is 1. The lowest BCUT2D eigenvalue weighted by Crippen LogP contribution is -2.51. The molecule has 29 heavy (non-hydrogen) atoms. The molecule has 1 aromatic carbocycles. The van der Waals surface area contributed by atoms with E-state index in [1.807, 2.05) is 38.1 Å². The number of piperidine rings is 1. The summed E-state index contributed by atoms with van der Waals surface area (Å²) in [5.74, 6) is -0.567. The van der Waals surface area contributed by atoms with Crippen molar-refractivity contribution < 1.29 is 14.4 Å². The van der Waals surface area contributed by atoms with Crippen LogP contribution in [0.15, 0.2) is 24.3 Å². The van der Waals surface area contributed by atoms with Crippen LogP contribution in [0.5, 0.6) is 0 Å². The van der Waals surface area contributed by atoms with E-state index in [0.29, 0.717) is 31.6 Å². The minimum atomic E-state index is -0.637. The Labute approximate surface area is 173 Å². The Morgan fingerprint density at radius 2 is 1.69 bits per heavy atom. The molecule has 1 heterocycles. The Kier molecular flexibility index (Phi) is 8.20.